The molecule has 0 atom stereocenters. The molecule has 0 unspecified atom stereocenters. The zero-order valence-corrected chi connectivity index (χ0v) is 21.9. The molecule has 12 heteroatoms. The minimum absolute atomic E-state index is 0.0716. The van der Waals surface area contributed by atoms with Crippen LogP contribution in [0.1, 0.15) is 35.2 Å². The van der Waals surface area contributed by atoms with Crippen LogP contribution in [0.15, 0.2) is 42.6 Å². The number of hydrogen-bond donors (Lipinski definition) is 2. The van der Waals surface area contributed by atoms with Crippen molar-refractivity contribution in [3.8, 4) is 0 Å². The van der Waals surface area contributed by atoms with Crippen molar-refractivity contribution in [2.75, 3.05) is 54.5 Å². The summed E-state index contributed by atoms with van der Waals surface area (Å²) in [5.41, 5.74) is 7.66. The van der Waals surface area contributed by atoms with Crippen LogP contribution in [-0.2, 0) is 34.0 Å². The summed E-state index contributed by atoms with van der Waals surface area (Å²) in [6.07, 6.45) is -0.728. The van der Waals surface area contributed by atoms with E-state index in [4.69, 9.17) is 20.4 Å². The van der Waals surface area contributed by atoms with Gasteiger partial charge in [-0.05, 0) is 49.1 Å². The molecule has 1 amide bonds. The number of pyridine rings is 1. The third kappa shape index (κ3) is 5.03. The highest BCUT2D eigenvalue weighted by Crippen LogP contribution is 2.48. The number of anilines is 4. The number of primary amides is 1. The molecule has 2 fully saturated rings. The molecule has 1 saturated heterocycles. The van der Waals surface area contributed by atoms with Crippen LogP contribution in [0, 0.1) is 0 Å². The molecule has 3 aliphatic rings. The molecule has 6 rings (SSSR count). The van der Waals surface area contributed by atoms with Crippen molar-refractivity contribution in [3.63, 3.8) is 0 Å². The number of ether oxygens (including phenoxy) is 1. The van der Waals surface area contributed by atoms with Crippen LogP contribution < -0.4 is 20.9 Å². The lowest BCUT2D eigenvalue weighted by Crippen LogP contribution is -2.37. The first-order valence-corrected chi connectivity index (χ1v) is 13.4. The van der Waals surface area contributed by atoms with Gasteiger partial charge in [0.25, 0.3) is 0 Å². The fourth-order valence-corrected chi connectivity index (χ4v) is 5.49. The Labute approximate surface area is 229 Å². The highest BCUT2D eigenvalue weighted by atomic mass is 19.4. The van der Waals surface area contributed by atoms with Gasteiger partial charge in [-0.2, -0.15) is 18.2 Å². The fraction of sp³-hybridized carbons (Fsp3) is 0.429. The number of nitrogens with two attached hydrogens (primary N) is 1. The Balaban J connectivity index is 1.31. The van der Waals surface area contributed by atoms with Crippen molar-refractivity contribution in [2.45, 2.75) is 37.3 Å². The predicted octanol–water partition coefficient (Wildman–Crippen LogP) is 3.59. The van der Waals surface area contributed by atoms with Gasteiger partial charge in [0.15, 0.2) is 0 Å². The van der Waals surface area contributed by atoms with Crippen molar-refractivity contribution in [1.82, 2.24) is 15.0 Å². The lowest BCUT2D eigenvalue weighted by atomic mass is 9.95. The second-order valence-electron chi connectivity index (χ2n) is 10.4. The molecule has 2 aliphatic heterocycles. The van der Waals surface area contributed by atoms with E-state index in [1.165, 1.54) is 12.3 Å². The van der Waals surface area contributed by atoms with E-state index in [9.17, 15) is 18.0 Å². The first-order chi connectivity index (χ1) is 19.2. The first-order valence-electron chi connectivity index (χ1n) is 13.4. The second kappa shape index (κ2) is 10.2. The zero-order valence-electron chi connectivity index (χ0n) is 21.9. The quantitative estimate of drug-likeness (QED) is 0.477. The second-order valence-corrected chi connectivity index (χ2v) is 10.4. The molecule has 1 aromatic carbocycles. The molecule has 3 aromatic rings. The van der Waals surface area contributed by atoms with Gasteiger partial charge < -0.3 is 25.6 Å². The minimum atomic E-state index is -4.50. The van der Waals surface area contributed by atoms with Crippen molar-refractivity contribution in [3.05, 3.63) is 65.0 Å². The van der Waals surface area contributed by atoms with Gasteiger partial charge >= 0.3 is 6.18 Å². The Hall–Kier alpha value is -3.93. The van der Waals surface area contributed by atoms with Gasteiger partial charge in [0.1, 0.15) is 11.6 Å². The van der Waals surface area contributed by atoms with Gasteiger partial charge in [0.2, 0.25) is 11.9 Å². The molecule has 1 aliphatic carbocycles. The standard InChI is InChI=1S/C28H30F3N7O2/c29-28(30,31)21-2-1-11-33-24(21)37-12-7-20-22(8-13-37)35-26(38-14-16-40-17-15-38)36-23(20)34-19-5-3-18(4-6-19)27(9-10-27)25(32)39/h1-6,11H,7-10,12-17H2,(H2,32,39)(H,34,35,36). The number of morpholine rings is 1. The van der Waals surface area contributed by atoms with Crippen LogP contribution in [0.25, 0.3) is 0 Å². The Morgan fingerprint density at radius 3 is 2.38 bits per heavy atom. The number of hydrogen-bond acceptors (Lipinski definition) is 8. The number of nitrogens with zero attached hydrogens (tertiary/aromatic N) is 5. The summed E-state index contributed by atoms with van der Waals surface area (Å²) in [5.74, 6) is 0.802. The van der Waals surface area contributed by atoms with Crippen molar-refractivity contribution >= 4 is 29.2 Å². The Morgan fingerprint density at radius 2 is 1.70 bits per heavy atom. The normalized spacial score (nSPS) is 18.6. The molecule has 9 nitrogen and oxygen atoms in total. The third-order valence-electron chi connectivity index (χ3n) is 7.94. The van der Waals surface area contributed by atoms with Crippen LogP contribution in [0.4, 0.5) is 36.4 Å². The fourth-order valence-electron chi connectivity index (χ4n) is 5.49. The van der Waals surface area contributed by atoms with Gasteiger partial charge in [0.05, 0.1) is 29.9 Å². The van der Waals surface area contributed by atoms with Gasteiger partial charge in [-0.15, -0.1) is 0 Å². The van der Waals surface area contributed by atoms with Crippen LogP contribution in [-0.4, -0.2) is 60.3 Å². The molecule has 1 saturated carbocycles. The number of rotatable bonds is 6. The average molecular weight is 554 g/mol. The van der Waals surface area contributed by atoms with E-state index in [-0.39, 0.29) is 11.7 Å². The topological polar surface area (TPSA) is 110 Å². The maximum absolute atomic E-state index is 13.7. The molecule has 0 spiro atoms. The molecule has 0 radical (unpaired) electrons. The summed E-state index contributed by atoms with van der Waals surface area (Å²) >= 11 is 0. The molecule has 40 heavy (non-hydrogen) atoms. The zero-order chi connectivity index (χ0) is 27.9. The number of alkyl halides is 3. The lowest BCUT2D eigenvalue weighted by molar-refractivity contribution is -0.137. The van der Waals surface area contributed by atoms with Crippen LogP contribution in [0.2, 0.25) is 0 Å². The Kier molecular flexibility index (Phi) is 6.73. The predicted molar refractivity (Wildman–Crippen MR) is 144 cm³/mol. The number of aromatic nitrogens is 3. The van der Waals surface area contributed by atoms with Crippen LogP contribution in [0.5, 0.6) is 0 Å². The number of amides is 1. The highest BCUT2D eigenvalue weighted by Gasteiger charge is 2.49. The number of halogens is 3. The van der Waals surface area contributed by atoms with Crippen molar-refractivity contribution in [1.29, 1.82) is 0 Å². The van der Waals surface area contributed by atoms with Gasteiger partial charge in [-0.25, -0.2) is 9.97 Å². The van der Waals surface area contributed by atoms with Crippen LogP contribution in [0.3, 0.4) is 0 Å². The molecule has 210 valence electrons. The van der Waals surface area contributed by atoms with Gasteiger partial charge in [-0.1, -0.05) is 12.1 Å². The van der Waals surface area contributed by atoms with Crippen molar-refractivity contribution in [2.24, 2.45) is 5.73 Å². The summed E-state index contributed by atoms with van der Waals surface area (Å²) in [6.45, 7) is 3.12. The third-order valence-corrected chi connectivity index (χ3v) is 7.94. The molecular formula is C28H30F3N7O2. The monoisotopic (exact) mass is 553 g/mol. The SMILES string of the molecule is NC(=O)C1(c2ccc(Nc3nc(N4CCOCC4)nc4c3CCN(c3ncccc3C(F)(F)F)CC4)cc2)CC1. The van der Waals surface area contributed by atoms with Crippen LogP contribution >= 0.6 is 0 Å². The minimum Gasteiger partial charge on any atom is -0.378 e. The van der Waals surface area contributed by atoms with E-state index in [2.05, 4.69) is 15.2 Å². The van der Waals surface area contributed by atoms with E-state index >= 15 is 0 Å². The summed E-state index contributed by atoms with van der Waals surface area (Å²) in [6, 6.07) is 9.98. The number of benzene rings is 1. The first kappa shape index (κ1) is 26.3. The van der Waals surface area contributed by atoms with E-state index in [1.807, 2.05) is 24.3 Å². The maximum atomic E-state index is 13.7. The largest absolute Gasteiger partial charge is 0.419 e. The van der Waals surface area contributed by atoms with E-state index < -0.39 is 17.2 Å². The van der Waals surface area contributed by atoms with E-state index in [0.29, 0.717) is 64.0 Å². The number of carbonyl (C=O) groups is 1. The molecule has 4 heterocycles. The summed E-state index contributed by atoms with van der Waals surface area (Å²) in [5, 5.41) is 3.42. The molecule has 3 N–H and O–H groups in total. The number of nitrogens with one attached hydrogen (secondary N) is 1. The van der Waals surface area contributed by atoms with Gasteiger partial charge in [0, 0.05) is 50.0 Å². The Morgan fingerprint density at radius 1 is 0.975 bits per heavy atom. The van der Waals surface area contributed by atoms with E-state index in [0.717, 1.165) is 41.4 Å². The molecular weight excluding hydrogens is 523 g/mol. The summed E-state index contributed by atoms with van der Waals surface area (Å²) in [4.78, 5) is 29.5. The summed E-state index contributed by atoms with van der Waals surface area (Å²) < 4.78 is 46.7. The maximum Gasteiger partial charge on any atom is 0.419 e. The lowest BCUT2D eigenvalue weighted by Gasteiger charge is -2.28. The van der Waals surface area contributed by atoms with Gasteiger partial charge in [-0.3, -0.25) is 4.79 Å². The highest BCUT2D eigenvalue weighted by molar-refractivity contribution is 5.90. The van der Waals surface area contributed by atoms with Crippen molar-refractivity contribution < 1.29 is 22.7 Å². The molecule has 2 aromatic heterocycles. The molecule has 0 bridgehead atoms. The smallest absolute Gasteiger partial charge is 0.378 e. The summed E-state index contributed by atoms with van der Waals surface area (Å²) in [7, 11) is 0. The average Bonchev–Trinajstić information content (AvgIpc) is 3.78. The van der Waals surface area contributed by atoms with E-state index in [1.54, 1.807) is 4.90 Å². The number of fused-ring (bicyclic) bond motifs is 1. The number of carbonyl (C=O) groups excluding carboxylic acids is 1. The Bertz CT molecular complexity index is 1400.